The second-order valence-corrected chi connectivity index (χ2v) is 11.3. The van der Waals surface area contributed by atoms with Gasteiger partial charge in [-0.2, -0.15) is 0 Å². The molecule has 0 saturated carbocycles. The van der Waals surface area contributed by atoms with Gasteiger partial charge in [0.05, 0.1) is 39.1 Å². The first-order valence-electron chi connectivity index (χ1n) is 14.8. The molecule has 47 heavy (non-hydrogen) atoms. The molecule has 3 aromatic heterocycles. The number of rotatable bonds is 3. The first-order chi connectivity index (χ1) is 22.8. The molecule has 0 amide bonds. The molecule has 3 N–H and O–H groups in total. The van der Waals surface area contributed by atoms with Gasteiger partial charge in [-0.25, -0.2) is 31.3 Å². The standard InChI is InChI=1S/C37H22F6N4/c38-18-4-1-5-19(39)32(18)35-26-12-10-24(44-26)25-11-13-27(45-25)36(33-20(40)6-2-7-21(33)41)29-15-17-31(47-29)37(30-16-14-28(35)46-30)34-22(42)8-3-9-23(34)43/h1-14,16,44-45,47H,15,17H2. The molecule has 0 aliphatic carbocycles. The molecule has 2 aliphatic rings. The molecule has 0 unspecified atom stereocenters. The van der Waals surface area contributed by atoms with Crippen LogP contribution in [0.15, 0.2) is 78.9 Å². The van der Waals surface area contributed by atoms with Crippen molar-refractivity contribution in [2.45, 2.75) is 12.8 Å². The highest BCUT2D eigenvalue weighted by molar-refractivity contribution is 5.95. The van der Waals surface area contributed by atoms with Crippen molar-refractivity contribution >= 4 is 34.2 Å². The average molecular weight is 637 g/mol. The summed E-state index contributed by atoms with van der Waals surface area (Å²) in [7, 11) is 0. The van der Waals surface area contributed by atoms with Crippen LogP contribution in [0.4, 0.5) is 26.3 Å². The number of H-pyrrole nitrogens is 3. The van der Waals surface area contributed by atoms with E-state index in [0.717, 1.165) is 36.4 Å². The van der Waals surface area contributed by atoms with E-state index in [2.05, 4.69) is 15.0 Å². The molecule has 232 valence electrons. The second kappa shape index (κ2) is 10.9. The topological polar surface area (TPSA) is 60.3 Å². The van der Waals surface area contributed by atoms with Crippen molar-refractivity contribution in [3.8, 4) is 33.4 Å². The zero-order valence-electron chi connectivity index (χ0n) is 24.3. The predicted octanol–water partition coefficient (Wildman–Crippen LogP) is 10.0. The van der Waals surface area contributed by atoms with E-state index in [1.165, 1.54) is 30.4 Å². The van der Waals surface area contributed by atoms with Gasteiger partial charge in [0.2, 0.25) is 0 Å². The number of halogens is 6. The first-order valence-corrected chi connectivity index (χ1v) is 14.8. The van der Waals surface area contributed by atoms with Crippen LogP contribution in [-0.4, -0.2) is 19.9 Å². The number of aromatic nitrogens is 4. The molecule has 0 saturated heterocycles. The number of hydrogen-bond acceptors (Lipinski definition) is 1. The summed E-state index contributed by atoms with van der Waals surface area (Å²) in [5.74, 6) is -4.97. The smallest absolute Gasteiger partial charge is 0.134 e. The number of fused-ring (bicyclic) bond motifs is 9. The van der Waals surface area contributed by atoms with E-state index in [-0.39, 0.29) is 57.6 Å². The predicted molar refractivity (Wildman–Crippen MR) is 170 cm³/mol. The highest BCUT2D eigenvalue weighted by atomic mass is 19.2. The lowest BCUT2D eigenvalue weighted by molar-refractivity contribution is 0.588. The van der Waals surface area contributed by atoms with Gasteiger partial charge in [0, 0.05) is 39.1 Å². The van der Waals surface area contributed by atoms with Gasteiger partial charge in [0.15, 0.2) is 0 Å². The van der Waals surface area contributed by atoms with E-state index in [9.17, 15) is 0 Å². The maximum Gasteiger partial charge on any atom is 0.134 e. The minimum absolute atomic E-state index is 0.0674. The van der Waals surface area contributed by atoms with Crippen LogP contribution in [0.5, 0.6) is 0 Å². The van der Waals surface area contributed by atoms with Crippen LogP contribution in [0.1, 0.15) is 22.8 Å². The van der Waals surface area contributed by atoms with Crippen molar-refractivity contribution in [1.82, 2.24) is 19.9 Å². The fraction of sp³-hybridized carbons (Fsp3) is 0.0541. The number of nitrogens with one attached hydrogen (secondary N) is 3. The molecule has 8 rings (SSSR count). The first kappa shape index (κ1) is 28.7. The van der Waals surface area contributed by atoms with Crippen molar-refractivity contribution < 1.29 is 26.3 Å². The Balaban J connectivity index is 1.60. The molecule has 4 nitrogen and oxygen atoms in total. The molecule has 0 fully saturated rings. The molecular formula is C37H22F6N4. The number of nitrogens with zero attached hydrogens (tertiary/aromatic N) is 1. The largest absolute Gasteiger partial charge is 0.361 e. The van der Waals surface area contributed by atoms with Gasteiger partial charge in [-0.3, -0.25) is 0 Å². The maximum atomic E-state index is 15.5. The Morgan fingerprint density at radius 3 is 1.23 bits per heavy atom. The SMILES string of the molecule is Fc1cccc(F)c1-c1c2nc(c(-c3c(F)cccc3F)c3ccc([nH]3)c3ccc([nH]3)c(-c3c(F)cccc3F)c3[nH]c1CC3)C=C2. The summed E-state index contributed by atoms with van der Waals surface area (Å²) in [4.78, 5) is 14.4. The monoisotopic (exact) mass is 636 g/mol. The lowest BCUT2D eigenvalue weighted by Gasteiger charge is -2.09. The molecule has 6 aromatic rings. The average Bonchev–Trinajstić information content (AvgIpc) is 3.86. The van der Waals surface area contributed by atoms with E-state index in [0.29, 0.717) is 33.5 Å². The molecule has 0 atom stereocenters. The van der Waals surface area contributed by atoms with Crippen LogP contribution in [0.2, 0.25) is 0 Å². The Labute approximate surface area is 263 Å². The fourth-order valence-electron chi connectivity index (χ4n) is 6.46. The highest BCUT2D eigenvalue weighted by Gasteiger charge is 2.26. The zero-order valence-corrected chi connectivity index (χ0v) is 24.3. The van der Waals surface area contributed by atoms with Crippen molar-refractivity contribution in [1.29, 1.82) is 0 Å². The van der Waals surface area contributed by atoms with Crippen LogP contribution in [-0.2, 0) is 12.8 Å². The fourth-order valence-corrected chi connectivity index (χ4v) is 6.46. The Hall–Kier alpha value is -5.77. The third-order valence-corrected chi connectivity index (χ3v) is 8.52. The number of benzene rings is 3. The second-order valence-electron chi connectivity index (χ2n) is 11.3. The molecule has 0 spiro atoms. The van der Waals surface area contributed by atoms with E-state index in [4.69, 9.17) is 4.98 Å². The van der Waals surface area contributed by atoms with Crippen molar-refractivity contribution in [2.24, 2.45) is 0 Å². The van der Waals surface area contributed by atoms with Gasteiger partial charge >= 0.3 is 0 Å². The number of hydrogen-bond donors (Lipinski definition) is 3. The summed E-state index contributed by atoms with van der Waals surface area (Å²) in [6, 6.07) is 17.3. The minimum atomic E-state index is -0.859. The molecule has 3 aromatic carbocycles. The highest BCUT2D eigenvalue weighted by Crippen LogP contribution is 2.40. The zero-order chi connectivity index (χ0) is 32.4. The van der Waals surface area contributed by atoms with E-state index in [1.807, 2.05) is 0 Å². The van der Waals surface area contributed by atoms with Crippen LogP contribution < -0.4 is 0 Å². The van der Waals surface area contributed by atoms with Gasteiger partial charge in [-0.1, -0.05) is 18.2 Å². The van der Waals surface area contributed by atoms with Crippen molar-refractivity contribution in [3.63, 3.8) is 0 Å². The van der Waals surface area contributed by atoms with Crippen LogP contribution in [0.3, 0.4) is 0 Å². The molecule has 10 heteroatoms. The van der Waals surface area contributed by atoms with Gasteiger partial charge in [0.1, 0.15) is 34.9 Å². The molecule has 0 radical (unpaired) electrons. The maximum absolute atomic E-state index is 15.5. The van der Waals surface area contributed by atoms with Gasteiger partial charge in [-0.05, 0) is 85.7 Å². The third-order valence-electron chi connectivity index (χ3n) is 8.52. The quantitative estimate of drug-likeness (QED) is 0.166. The van der Waals surface area contributed by atoms with Crippen molar-refractivity contribution in [2.75, 3.05) is 0 Å². The van der Waals surface area contributed by atoms with E-state index < -0.39 is 34.9 Å². The van der Waals surface area contributed by atoms with Crippen LogP contribution in [0.25, 0.3) is 67.6 Å². The summed E-state index contributed by atoms with van der Waals surface area (Å²) in [5, 5.41) is 0. The van der Waals surface area contributed by atoms with E-state index >= 15 is 26.3 Å². The summed E-state index contributed by atoms with van der Waals surface area (Å²) < 4.78 is 92.5. The minimum Gasteiger partial charge on any atom is -0.361 e. The number of aryl methyl sites for hydroxylation is 2. The number of aromatic amines is 3. The van der Waals surface area contributed by atoms with E-state index in [1.54, 1.807) is 24.3 Å². The Bertz CT molecular complexity index is 2390. The van der Waals surface area contributed by atoms with Crippen molar-refractivity contribution in [3.05, 3.63) is 137 Å². The summed E-state index contributed by atoms with van der Waals surface area (Å²) >= 11 is 0. The summed E-state index contributed by atoms with van der Waals surface area (Å²) in [5.41, 5.74) is 2.15. The lowest BCUT2D eigenvalue weighted by Crippen LogP contribution is -1.97. The molecule has 8 bridgehead atoms. The van der Waals surface area contributed by atoms with Gasteiger partial charge in [0.25, 0.3) is 0 Å². The molecule has 2 aliphatic heterocycles. The summed E-state index contributed by atoms with van der Waals surface area (Å²) in [6.45, 7) is 0. The Morgan fingerprint density at radius 2 is 0.745 bits per heavy atom. The normalized spacial score (nSPS) is 12.6. The van der Waals surface area contributed by atoms with Crippen LogP contribution in [0, 0.1) is 34.9 Å². The Kier molecular flexibility index (Phi) is 6.68. The lowest BCUT2D eigenvalue weighted by atomic mass is 9.98. The van der Waals surface area contributed by atoms with Gasteiger partial charge < -0.3 is 15.0 Å². The molecule has 5 heterocycles. The van der Waals surface area contributed by atoms with Crippen LogP contribution >= 0.6 is 0 Å². The Morgan fingerprint density at radius 1 is 0.383 bits per heavy atom. The third kappa shape index (κ3) is 4.67. The van der Waals surface area contributed by atoms with Gasteiger partial charge in [-0.15, -0.1) is 0 Å². The molecular weight excluding hydrogens is 614 g/mol. The summed E-state index contributed by atoms with van der Waals surface area (Å²) in [6.07, 6.45) is 3.50.